The number of methoxy groups -OCH3 is 1. The molecule has 0 atom stereocenters. The Labute approximate surface area is 202 Å². The maximum Gasteiger partial charge on any atom is 0.357 e. The third kappa shape index (κ3) is 4.18. The predicted molar refractivity (Wildman–Crippen MR) is 131 cm³/mol. The number of anilines is 2. The molecule has 1 fully saturated rings. The molecule has 9 heteroatoms. The third-order valence-corrected chi connectivity index (χ3v) is 6.26. The van der Waals surface area contributed by atoms with Gasteiger partial charge in [-0.05, 0) is 31.2 Å². The molecular weight excluding hydrogens is 454 g/mol. The number of piperazine rings is 1. The van der Waals surface area contributed by atoms with E-state index in [4.69, 9.17) is 22.1 Å². The maximum atomic E-state index is 12.9. The zero-order valence-corrected chi connectivity index (χ0v) is 19.7. The number of amides is 1. The van der Waals surface area contributed by atoms with Crippen LogP contribution < -0.4 is 10.6 Å². The SMILES string of the molecule is COC(=O)c1c(N)c(C#N)cn1-c1cccc(Cl)c1N1CCN(C(=O)c2ccc(C)cc2)CC1. The fraction of sp³-hybridized carbons (Fsp3) is 0.240. The first-order valence-corrected chi connectivity index (χ1v) is 11.1. The number of nitrogen functional groups attached to an aromatic ring is 1. The van der Waals surface area contributed by atoms with Crippen molar-refractivity contribution in [3.8, 4) is 11.8 Å². The molecule has 2 N–H and O–H groups in total. The molecule has 1 saturated heterocycles. The summed E-state index contributed by atoms with van der Waals surface area (Å²) in [5, 5.41) is 9.93. The second-order valence-electron chi connectivity index (χ2n) is 8.03. The van der Waals surface area contributed by atoms with Crippen LogP contribution in [0.4, 0.5) is 11.4 Å². The first-order chi connectivity index (χ1) is 16.3. The largest absolute Gasteiger partial charge is 0.464 e. The number of ether oxygens (including phenoxy) is 1. The van der Waals surface area contributed by atoms with Gasteiger partial charge < -0.3 is 24.8 Å². The summed E-state index contributed by atoms with van der Waals surface area (Å²) in [5.41, 5.74) is 9.41. The lowest BCUT2D eigenvalue weighted by atomic mass is 10.1. The van der Waals surface area contributed by atoms with Crippen molar-refractivity contribution >= 4 is 34.9 Å². The van der Waals surface area contributed by atoms with Gasteiger partial charge in [0.25, 0.3) is 5.91 Å². The van der Waals surface area contributed by atoms with Crippen LogP contribution >= 0.6 is 11.6 Å². The average molecular weight is 478 g/mol. The van der Waals surface area contributed by atoms with Gasteiger partial charge in [0.2, 0.25) is 0 Å². The molecule has 2 heterocycles. The van der Waals surface area contributed by atoms with Crippen LogP contribution in [0.15, 0.2) is 48.7 Å². The van der Waals surface area contributed by atoms with Crippen molar-refractivity contribution in [2.75, 3.05) is 43.9 Å². The van der Waals surface area contributed by atoms with E-state index in [-0.39, 0.29) is 22.9 Å². The van der Waals surface area contributed by atoms with E-state index in [1.165, 1.54) is 13.3 Å². The highest BCUT2D eigenvalue weighted by Crippen LogP contribution is 2.36. The van der Waals surface area contributed by atoms with Gasteiger partial charge >= 0.3 is 5.97 Å². The number of nitrogens with zero attached hydrogens (tertiary/aromatic N) is 4. The number of hydrogen-bond donors (Lipinski definition) is 1. The molecule has 0 unspecified atom stereocenters. The van der Waals surface area contributed by atoms with Crippen molar-refractivity contribution in [2.24, 2.45) is 0 Å². The van der Waals surface area contributed by atoms with E-state index in [9.17, 15) is 14.9 Å². The molecule has 2 aromatic carbocycles. The van der Waals surface area contributed by atoms with Crippen LogP contribution in [-0.2, 0) is 4.74 Å². The molecule has 3 aromatic rings. The van der Waals surface area contributed by atoms with Gasteiger partial charge in [-0.2, -0.15) is 5.26 Å². The number of hydrogen-bond acceptors (Lipinski definition) is 6. The van der Waals surface area contributed by atoms with Gasteiger partial charge in [-0.15, -0.1) is 0 Å². The number of benzene rings is 2. The molecular formula is C25H24ClN5O3. The first-order valence-electron chi connectivity index (χ1n) is 10.7. The smallest absolute Gasteiger partial charge is 0.357 e. The molecule has 1 aliphatic rings. The van der Waals surface area contributed by atoms with Gasteiger partial charge in [0, 0.05) is 37.9 Å². The minimum Gasteiger partial charge on any atom is -0.464 e. The van der Waals surface area contributed by atoms with Crippen LogP contribution in [0.3, 0.4) is 0 Å². The number of carbonyl (C=O) groups excluding carboxylic acids is 2. The second-order valence-corrected chi connectivity index (χ2v) is 8.44. The molecule has 0 bridgehead atoms. The van der Waals surface area contributed by atoms with Crippen molar-refractivity contribution in [1.82, 2.24) is 9.47 Å². The Morgan fingerprint density at radius 1 is 1.09 bits per heavy atom. The predicted octanol–water partition coefficient (Wildman–Crippen LogP) is 3.64. The van der Waals surface area contributed by atoms with Crippen LogP contribution in [0.25, 0.3) is 5.69 Å². The molecule has 0 radical (unpaired) electrons. The third-order valence-electron chi connectivity index (χ3n) is 5.95. The number of halogens is 1. The van der Waals surface area contributed by atoms with Crippen molar-refractivity contribution in [2.45, 2.75) is 6.92 Å². The second kappa shape index (κ2) is 9.49. The van der Waals surface area contributed by atoms with Gasteiger partial charge in [-0.25, -0.2) is 4.79 Å². The summed E-state index contributed by atoms with van der Waals surface area (Å²) in [7, 11) is 1.26. The van der Waals surface area contributed by atoms with E-state index >= 15 is 0 Å². The number of para-hydroxylation sites is 1. The molecule has 1 amide bonds. The molecule has 0 saturated carbocycles. The van der Waals surface area contributed by atoms with E-state index < -0.39 is 5.97 Å². The van der Waals surface area contributed by atoms with Gasteiger partial charge in [0.05, 0.1) is 34.8 Å². The van der Waals surface area contributed by atoms with E-state index in [2.05, 4.69) is 4.90 Å². The fourth-order valence-electron chi connectivity index (χ4n) is 4.13. The summed E-state index contributed by atoms with van der Waals surface area (Å²) < 4.78 is 6.45. The number of nitriles is 1. The standard InChI is InChI=1S/C25H24ClN5O3/c1-16-6-8-17(9-7-16)24(32)30-12-10-29(11-13-30)22-19(26)4-3-5-20(22)31-15-18(14-27)21(28)23(31)25(33)34-2/h3-9,15H,10-13,28H2,1-2H3. The topological polar surface area (TPSA) is 105 Å². The summed E-state index contributed by atoms with van der Waals surface area (Å²) in [6, 6.07) is 14.9. The number of carbonyl (C=O) groups is 2. The monoisotopic (exact) mass is 477 g/mol. The van der Waals surface area contributed by atoms with Crippen molar-refractivity contribution in [1.29, 1.82) is 5.26 Å². The van der Waals surface area contributed by atoms with Gasteiger partial charge in [-0.1, -0.05) is 35.4 Å². The van der Waals surface area contributed by atoms with Crippen LogP contribution in [0, 0.1) is 18.3 Å². The molecule has 0 spiro atoms. The Bertz CT molecular complexity index is 1290. The highest BCUT2D eigenvalue weighted by Gasteiger charge is 2.28. The molecule has 1 aromatic heterocycles. The molecule has 8 nitrogen and oxygen atoms in total. The lowest BCUT2D eigenvalue weighted by Gasteiger charge is -2.37. The molecule has 174 valence electrons. The van der Waals surface area contributed by atoms with Crippen molar-refractivity contribution < 1.29 is 14.3 Å². The lowest BCUT2D eigenvalue weighted by Crippen LogP contribution is -2.49. The van der Waals surface area contributed by atoms with E-state index in [0.29, 0.717) is 48.1 Å². The Balaban J connectivity index is 1.65. The summed E-state index contributed by atoms with van der Waals surface area (Å²) in [6.45, 7) is 4.10. The number of aromatic nitrogens is 1. The quantitative estimate of drug-likeness (QED) is 0.575. The Hall–Kier alpha value is -3.96. The molecule has 34 heavy (non-hydrogen) atoms. The van der Waals surface area contributed by atoms with Gasteiger partial charge in [-0.3, -0.25) is 4.79 Å². The number of rotatable bonds is 4. The van der Waals surface area contributed by atoms with Crippen LogP contribution in [0.2, 0.25) is 5.02 Å². The summed E-state index contributed by atoms with van der Waals surface area (Å²) in [5.74, 6) is -0.665. The Kier molecular flexibility index (Phi) is 6.48. The zero-order chi connectivity index (χ0) is 24.4. The lowest BCUT2D eigenvalue weighted by molar-refractivity contribution is 0.0592. The Morgan fingerprint density at radius 2 is 1.76 bits per heavy atom. The van der Waals surface area contributed by atoms with Crippen molar-refractivity contribution in [3.63, 3.8) is 0 Å². The zero-order valence-electron chi connectivity index (χ0n) is 18.9. The highest BCUT2D eigenvalue weighted by atomic mass is 35.5. The van der Waals surface area contributed by atoms with Gasteiger partial charge in [0.15, 0.2) is 5.69 Å². The minimum atomic E-state index is -0.654. The Morgan fingerprint density at radius 3 is 2.38 bits per heavy atom. The molecule has 4 rings (SSSR count). The molecule has 1 aliphatic heterocycles. The van der Waals surface area contributed by atoms with Crippen LogP contribution in [0.5, 0.6) is 0 Å². The van der Waals surface area contributed by atoms with Crippen molar-refractivity contribution in [3.05, 3.63) is 76.1 Å². The summed E-state index contributed by atoms with van der Waals surface area (Å²) in [4.78, 5) is 29.3. The van der Waals surface area contributed by atoms with E-state index in [0.717, 1.165) is 5.56 Å². The van der Waals surface area contributed by atoms with Crippen LogP contribution in [-0.4, -0.2) is 54.6 Å². The van der Waals surface area contributed by atoms with Crippen LogP contribution in [0.1, 0.15) is 32.0 Å². The highest BCUT2D eigenvalue weighted by molar-refractivity contribution is 6.33. The number of aryl methyl sites for hydroxylation is 1. The van der Waals surface area contributed by atoms with E-state index in [1.54, 1.807) is 22.8 Å². The number of esters is 1. The maximum absolute atomic E-state index is 12.9. The average Bonchev–Trinajstić information content (AvgIpc) is 3.19. The minimum absolute atomic E-state index is 0.0103. The first kappa shape index (κ1) is 23.2. The summed E-state index contributed by atoms with van der Waals surface area (Å²) in [6.07, 6.45) is 1.51. The van der Waals surface area contributed by atoms with Gasteiger partial charge in [0.1, 0.15) is 6.07 Å². The normalized spacial score (nSPS) is 13.5. The molecule has 0 aliphatic carbocycles. The van der Waals surface area contributed by atoms with E-state index in [1.807, 2.05) is 42.2 Å². The summed E-state index contributed by atoms with van der Waals surface area (Å²) >= 11 is 6.62. The number of nitrogens with two attached hydrogens (primary N) is 1. The fourth-order valence-corrected chi connectivity index (χ4v) is 4.42.